The van der Waals surface area contributed by atoms with E-state index in [0.29, 0.717) is 0 Å². The van der Waals surface area contributed by atoms with Crippen LogP contribution in [-0.4, -0.2) is 35.7 Å². The summed E-state index contributed by atoms with van der Waals surface area (Å²) in [5, 5.41) is 8.14. The summed E-state index contributed by atoms with van der Waals surface area (Å²) in [5.74, 6) is -1.13. The summed E-state index contributed by atoms with van der Waals surface area (Å²) in [4.78, 5) is 9.94. The molecule has 6 heteroatoms. The van der Waals surface area contributed by atoms with E-state index < -0.39 is 26.4 Å². The van der Waals surface area contributed by atoms with Crippen molar-refractivity contribution >= 4 is 20.3 Å². The predicted octanol–water partition coefficient (Wildman–Crippen LogP) is -1.54. The third kappa shape index (κ3) is 4.23. The van der Waals surface area contributed by atoms with E-state index >= 15 is 0 Å². The fraction of sp³-hybridized carbons (Fsp3) is 0.667. The number of nitrogens with one attached hydrogen (secondary N) is 1. The summed E-state index contributed by atoms with van der Waals surface area (Å²) in [6.45, 7) is 1.30. The summed E-state index contributed by atoms with van der Waals surface area (Å²) in [6.07, 6.45) is 0. The predicted molar refractivity (Wildman–Crippen MR) is 28.9 cm³/mol. The first kappa shape index (κ1) is 8.71. The van der Waals surface area contributed by atoms with Crippen LogP contribution in [0.15, 0.2) is 0 Å². The van der Waals surface area contributed by atoms with Crippen molar-refractivity contribution in [1.29, 1.82) is 0 Å². The van der Waals surface area contributed by atoms with Crippen molar-refractivity contribution in [1.82, 2.24) is 4.33 Å². The minimum atomic E-state index is -3.05. The Hall–Kier alpha value is -0.291. The number of rotatable bonds is 3. The molecule has 0 aliphatic heterocycles. The molecule has 0 aromatic rings. The van der Waals surface area contributed by atoms with Crippen LogP contribution in [0.4, 0.5) is 0 Å². The van der Waals surface area contributed by atoms with Crippen LogP contribution < -0.4 is 4.33 Å². The maximum atomic E-state index is 9.95. The van der Waals surface area contributed by atoms with Crippen molar-refractivity contribution in [3.8, 4) is 0 Å². The van der Waals surface area contributed by atoms with Crippen molar-refractivity contribution in [3.63, 3.8) is 0 Å². The first-order valence-electron chi connectivity index (χ1n) is 2.14. The van der Waals surface area contributed by atoms with Gasteiger partial charge in [-0.3, -0.25) is 0 Å². The van der Waals surface area contributed by atoms with E-state index in [0.717, 1.165) is 0 Å². The Bertz CT molecular complexity index is 136. The van der Waals surface area contributed by atoms with Gasteiger partial charge in [0.2, 0.25) is 0 Å². The molecule has 3 N–H and O–H groups in total. The van der Waals surface area contributed by atoms with Crippen molar-refractivity contribution in [2.45, 2.75) is 13.0 Å². The molecule has 0 spiro atoms. The Balaban J connectivity index is 3.63. The molecule has 0 saturated heterocycles. The number of aliphatic carboxylic acids is 1. The van der Waals surface area contributed by atoms with Crippen molar-refractivity contribution < 1.29 is 17.9 Å². The number of hydrogen-bond donors (Lipinski definition) is 3. The Morgan fingerprint density at radius 2 is 2.22 bits per heavy atom. The van der Waals surface area contributed by atoms with Crippen LogP contribution in [-0.2, 0) is 8.63 Å². The van der Waals surface area contributed by atoms with Gasteiger partial charge in [0.25, 0.3) is 0 Å². The van der Waals surface area contributed by atoms with E-state index in [-0.39, 0.29) is 0 Å². The van der Waals surface area contributed by atoms with Gasteiger partial charge in [-0.05, 0) is 0 Å². The van der Waals surface area contributed by atoms with Gasteiger partial charge in [0.15, 0.2) is 0 Å². The molecule has 0 amide bonds. The van der Waals surface area contributed by atoms with Gasteiger partial charge in [-0.25, -0.2) is 0 Å². The van der Waals surface area contributed by atoms with Gasteiger partial charge in [0.1, 0.15) is 0 Å². The van der Waals surface area contributed by atoms with Gasteiger partial charge >= 0.3 is 55.6 Å². The average molecular weight is 200 g/mol. The fourth-order valence-electron chi connectivity index (χ4n) is 0.202. The second-order valence-corrected chi connectivity index (χ2v) is 2.97. The number of carboxylic acid groups (broad SMARTS) is 1. The van der Waals surface area contributed by atoms with Crippen LogP contribution in [0.3, 0.4) is 0 Å². The van der Waals surface area contributed by atoms with Crippen LogP contribution >= 0.6 is 0 Å². The van der Waals surface area contributed by atoms with Gasteiger partial charge in [-0.15, -0.1) is 0 Å². The molecule has 0 aliphatic rings. The summed E-state index contributed by atoms with van der Waals surface area (Å²) in [6, 6.07) is -0.947. The molecular formula is C3H7NO4Se. The topological polar surface area (TPSA) is 86.6 Å². The van der Waals surface area contributed by atoms with E-state index in [9.17, 15) is 8.63 Å². The maximum absolute atomic E-state index is 9.95. The van der Waals surface area contributed by atoms with Gasteiger partial charge in [0.05, 0.1) is 0 Å². The van der Waals surface area contributed by atoms with Crippen LogP contribution in [0.1, 0.15) is 6.92 Å². The molecule has 0 fully saturated rings. The third-order valence-corrected chi connectivity index (χ3v) is 1.81. The van der Waals surface area contributed by atoms with Crippen molar-refractivity contribution in [2.75, 3.05) is 0 Å². The number of carboxylic acids is 1. The quantitative estimate of drug-likeness (QED) is 0.480. The van der Waals surface area contributed by atoms with E-state index in [1.807, 2.05) is 4.33 Å². The van der Waals surface area contributed by atoms with E-state index in [1.54, 1.807) is 0 Å². The number of carbonyl (C=O) groups is 1. The fourth-order valence-corrected chi connectivity index (χ4v) is 1.05. The molecule has 1 unspecified atom stereocenters. The van der Waals surface area contributed by atoms with Crippen LogP contribution in [0, 0.1) is 0 Å². The summed E-state index contributed by atoms with van der Waals surface area (Å²) in [7, 11) is 0. The van der Waals surface area contributed by atoms with Crippen LogP contribution in [0.5, 0.6) is 0 Å². The molecule has 0 aliphatic carbocycles. The first-order chi connectivity index (χ1) is 4.04. The zero-order valence-electron chi connectivity index (χ0n) is 4.70. The molecular weight excluding hydrogens is 193 g/mol. The molecule has 9 heavy (non-hydrogen) atoms. The third-order valence-electron chi connectivity index (χ3n) is 0.648. The zero-order valence-corrected chi connectivity index (χ0v) is 6.41. The van der Waals surface area contributed by atoms with Crippen molar-refractivity contribution in [3.05, 3.63) is 0 Å². The van der Waals surface area contributed by atoms with Crippen LogP contribution in [0.2, 0.25) is 0 Å². The SMILES string of the molecule is C[C@H](N[Se](=O)O)C(=O)O. The van der Waals surface area contributed by atoms with E-state index in [2.05, 4.69) is 0 Å². The normalized spacial score (nSPS) is 16.7. The van der Waals surface area contributed by atoms with Crippen molar-refractivity contribution in [2.24, 2.45) is 0 Å². The summed E-state index contributed by atoms with van der Waals surface area (Å²) >= 11 is -3.05. The Morgan fingerprint density at radius 3 is 2.33 bits per heavy atom. The number of hydrogen-bond acceptors (Lipinski definition) is 2. The van der Waals surface area contributed by atoms with E-state index in [4.69, 9.17) is 9.30 Å². The Labute approximate surface area is 56.3 Å². The minimum absolute atomic E-state index is 0.947. The summed E-state index contributed by atoms with van der Waals surface area (Å²) in [5.41, 5.74) is 0. The molecule has 2 atom stereocenters. The zero-order chi connectivity index (χ0) is 7.44. The van der Waals surface area contributed by atoms with Crippen LogP contribution in [0.25, 0.3) is 0 Å². The molecule has 0 radical (unpaired) electrons. The second-order valence-electron chi connectivity index (χ2n) is 1.43. The average Bonchev–Trinajstić information content (AvgIpc) is 1.63. The van der Waals surface area contributed by atoms with Gasteiger partial charge in [0, 0.05) is 0 Å². The Kier molecular flexibility index (Phi) is 3.56. The van der Waals surface area contributed by atoms with Gasteiger partial charge in [-0.1, -0.05) is 0 Å². The molecule has 0 saturated carbocycles. The molecule has 5 nitrogen and oxygen atoms in total. The molecule has 54 valence electrons. The van der Waals surface area contributed by atoms with Gasteiger partial charge in [-0.2, -0.15) is 0 Å². The second kappa shape index (κ2) is 3.68. The Morgan fingerprint density at radius 1 is 1.78 bits per heavy atom. The van der Waals surface area contributed by atoms with E-state index in [1.165, 1.54) is 6.92 Å². The molecule has 0 aromatic carbocycles. The van der Waals surface area contributed by atoms with Gasteiger partial charge < -0.3 is 0 Å². The molecule has 0 rings (SSSR count). The standard InChI is InChI=1S/C3H7NO4Se/c1-2(3(5)6)4-9(7)8/h2,4H,1H3,(H,5,6)(H,7,8)/t2-/m0/s1. The first-order valence-corrected chi connectivity index (χ1v) is 4.46. The molecule has 0 heterocycles. The summed E-state index contributed by atoms with van der Waals surface area (Å²) < 4.78 is 20.1. The monoisotopic (exact) mass is 201 g/mol. The molecule has 0 aromatic heterocycles. The molecule has 0 bridgehead atoms.